The van der Waals surface area contributed by atoms with Crippen molar-refractivity contribution in [3.8, 4) is 33.9 Å². The van der Waals surface area contributed by atoms with Gasteiger partial charge in [0.25, 0.3) is 0 Å². The third-order valence-corrected chi connectivity index (χ3v) is 7.00. The monoisotopic (exact) mass is 480 g/mol. The number of hydrogen-bond acceptors (Lipinski definition) is 6. The first kappa shape index (κ1) is 20.7. The van der Waals surface area contributed by atoms with Crippen LogP contribution in [0.2, 0.25) is 0 Å². The van der Waals surface area contributed by atoms with Gasteiger partial charge in [0.05, 0.1) is 13.1 Å². The predicted octanol–water partition coefficient (Wildman–Crippen LogP) is 6.09. The van der Waals surface area contributed by atoms with E-state index in [1.54, 1.807) is 22.7 Å². The molecule has 0 saturated carbocycles. The zero-order chi connectivity index (χ0) is 22.7. The van der Waals surface area contributed by atoms with Gasteiger partial charge in [-0.25, -0.2) is 9.36 Å². The van der Waals surface area contributed by atoms with Crippen LogP contribution in [0.25, 0.3) is 33.9 Å². The first-order chi connectivity index (χ1) is 16.9. The second kappa shape index (κ2) is 9.17. The second-order valence-electron chi connectivity index (χ2n) is 7.88. The lowest BCUT2D eigenvalue weighted by molar-refractivity contribution is 0.630. The summed E-state index contributed by atoms with van der Waals surface area (Å²) >= 11 is 3.30. The fourth-order valence-corrected chi connectivity index (χ4v) is 5.30. The quantitative estimate of drug-likeness (QED) is 0.277. The van der Waals surface area contributed by atoms with Crippen molar-refractivity contribution >= 4 is 22.7 Å². The van der Waals surface area contributed by atoms with Gasteiger partial charge >= 0.3 is 0 Å². The van der Waals surface area contributed by atoms with Crippen LogP contribution in [0.4, 0.5) is 0 Å². The van der Waals surface area contributed by atoms with Crippen molar-refractivity contribution in [1.82, 2.24) is 30.0 Å². The number of hydrogen-bond donors (Lipinski definition) is 0. The van der Waals surface area contributed by atoms with Crippen molar-refractivity contribution in [2.75, 3.05) is 0 Å². The van der Waals surface area contributed by atoms with Gasteiger partial charge in [-0.05, 0) is 34.0 Å². The molecule has 166 valence electrons. The maximum Gasteiger partial charge on any atom is 0.123 e. The SMILES string of the molecule is c1ccc(Cn2nnc(-c3ccsc3)c2-c2c(-c3ccsc3)nnn2Cc2ccccc2)cc1. The van der Waals surface area contributed by atoms with Crippen molar-refractivity contribution < 1.29 is 0 Å². The van der Waals surface area contributed by atoms with E-state index in [0.717, 1.165) is 45.0 Å². The lowest BCUT2D eigenvalue weighted by atomic mass is 10.1. The summed E-state index contributed by atoms with van der Waals surface area (Å²) in [6.45, 7) is 1.21. The molecule has 0 aliphatic heterocycles. The first-order valence-electron chi connectivity index (χ1n) is 10.9. The topological polar surface area (TPSA) is 61.4 Å². The highest BCUT2D eigenvalue weighted by molar-refractivity contribution is 7.08. The molecule has 8 heteroatoms. The van der Waals surface area contributed by atoms with Crippen molar-refractivity contribution in [3.05, 3.63) is 105 Å². The van der Waals surface area contributed by atoms with Gasteiger partial charge in [-0.15, -0.1) is 10.2 Å². The number of rotatable bonds is 7. The zero-order valence-electron chi connectivity index (χ0n) is 18.2. The van der Waals surface area contributed by atoms with Crippen LogP contribution < -0.4 is 0 Å². The number of benzene rings is 2. The van der Waals surface area contributed by atoms with Crippen LogP contribution in [-0.2, 0) is 13.1 Å². The highest BCUT2D eigenvalue weighted by Gasteiger charge is 2.26. The fraction of sp³-hybridized carbons (Fsp3) is 0.0769. The number of aromatic nitrogens is 6. The van der Waals surface area contributed by atoms with Gasteiger partial charge in [-0.2, -0.15) is 22.7 Å². The molecular formula is C26H20N6S2. The van der Waals surface area contributed by atoms with E-state index in [-0.39, 0.29) is 0 Å². The Hall–Kier alpha value is -3.88. The molecule has 0 N–H and O–H groups in total. The summed E-state index contributed by atoms with van der Waals surface area (Å²) in [5, 5.41) is 26.8. The van der Waals surface area contributed by atoms with Gasteiger partial charge < -0.3 is 0 Å². The summed E-state index contributed by atoms with van der Waals surface area (Å²) in [7, 11) is 0. The summed E-state index contributed by atoms with van der Waals surface area (Å²) in [6, 6.07) is 24.8. The number of thiophene rings is 2. The average Bonchev–Trinajstić information content (AvgIpc) is 3.67. The summed E-state index contributed by atoms with van der Waals surface area (Å²) in [5.74, 6) is 0. The minimum absolute atomic E-state index is 0.604. The summed E-state index contributed by atoms with van der Waals surface area (Å²) in [4.78, 5) is 0. The Labute approximate surface area is 204 Å². The van der Waals surface area contributed by atoms with E-state index >= 15 is 0 Å². The van der Waals surface area contributed by atoms with Gasteiger partial charge in [0.1, 0.15) is 22.8 Å². The molecule has 0 aliphatic rings. The maximum atomic E-state index is 4.63. The molecule has 0 atom stereocenters. The highest BCUT2D eigenvalue weighted by Crippen LogP contribution is 2.37. The van der Waals surface area contributed by atoms with Gasteiger partial charge in [0.15, 0.2) is 0 Å². The molecule has 0 saturated heterocycles. The van der Waals surface area contributed by atoms with Gasteiger partial charge in [0, 0.05) is 21.9 Å². The molecule has 2 aromatic carbocycles. The summed E-state index contributed by atoms with van der Waals surface area (Å²) in [5.41, 5.74) is 7.92. The smallest absolute Gasteiger partial charge is 0.123 e. The second-order valence-corrected chi connectivity index (χ2v) is 9.44. The third-order valence-electron chi connectivity index (χ3n) is 5.63. The Morgan fingerprint density at radius 1 is 0.559 bits per heavy atom. The average molecular weight is 481 g/mol. The molecule has 0 bridgehead atoms. The molecule has 0 spiro atoms. The Bertz CT molecular complexity index is 1370. The largest absolute Gasteiger partial charge is 0.238 e. The van der Waals surface area contributed by atoms with Gasteiger partial charge in [-0.1, -0.05) is 71.1 Å². The summed E-state index contributed by atoms with van der Waals surface area (Å²) in [6.07, 6.45) is 0. The Kier molecular flexibility index (Phi) is 5.58. The van der Waals surface area contributed by atoms with Crippen LogP contribution in [0.5, 0.6) is 0 Å². The molecular weight excluding hydrogens is 460 g/mol. The molecule has 6 nitrogen and oxygen atoms in total. The van der Waals surface area contributed by atoms with Crippen LogP contribution >= 0.6 is 22.7 Å². The molecule has 34 heavy (non-hydrogen) atoms. The molecule has 6 rings (SSSR count). The van der Waals surface area contributed by atoms with Crippen LogP contribution in [0.3, 0.4) is 0 Å². The van der Waals surface area contributed by atoms with E-state index in [2.05, 4.69) is 78.5 Å². The van der Waals surface area contributed by atoms with E-state index < -0.39 is 0 Å². The lowest BCUT2D eigenvalue weighted by Crippen LogP contribution is -2.10. The molecule has 0 unspecified atom stereocenters. The van der Waals surface area contributed by atoms with E-state index in [4.69, 9.17) is 0 Å². The molecule has 0 amide bonds. The van der Waals surface area contributed by atoms with Gasteiger partial charge in [0.2, 0.25) is 0 Å². The van der Waals surface area contributed by atoms with Crippen molar-refractivity contribution in [2.45, 2.75) is 13.1 Å². The Balaban J connectivity index is 1.56. The maximum absolute atomic E-state index is 4.63. The highest BCUT2D eigenvalue weighted by atomic mass is 32.1. The minimum atomic E-state index is 0.604. The molecule has 6 aromatic rings. The normalized spacial score (nSPS) is 11.2. The van der Waals surface area contributed by atoms with Crippen molar-refractivity contribution in [1.29, 1.82) is 0 Å². The van der Waals surface area contributed by atoms with E-state index in [1.807, 2.05) is 45.8 Å². The van der Waals surface area contributed by atoms with E-state index in [0.29, 0.717) is 13.1 Å². The van der Waals surface area contributed by atoms with Crippen molar-refractivity contribution in [2.24, 2.45) is 0 Å². The van der Waals surface area contributed by atoms with Crippen LogP contribution in [0, 0.1) is 0 Å². The van der Waals surface area contributed by atoms with Gasteiger partial charge in [-0.3, -0.25) is 0 Å². The lowest BCUT2D eigenvalue weighted by Gasteiger charge is -2.12. The van der Waals surface area contributed by atoms with Crippen LogP contribution in [0.15, 0.2) is 94.3 Å². The van der Waals surface area contributed by atoms with Crippen LogP contribution in [-0.4, -0.2) is 30.0 Å². The zero-order valence-corrected chi connectivity index (χ0v) is 19.8. The van der Waals surface area contributed by atoms with Crippen LogP contribution in [0.1, 0.15) is 11.1 Å². The van der Waals surface area contributed by atoms with E-state index in [1.165, 1.54) is 0 Å². The predicted molar refractivity (Wildman–Crippen MR) is 137 cm³/mol. The molecule has 0 aliphatic carbocycles. The molecule has 4 aromatic heterocycles. The first-order valence-corrected chi connectivity index (χ1v) is 12.8. The molecule has 0 fully saturated rings. The standard InChI is InChI=1S/C26H20N6S2/c1-3-7-19(8-4-1)15-31-25(23(27-29-31)21-11-13-33-17-21)26-24(22-12-14-34-18-22)28-30-32(26)16-20-9-5-2-6-10-20/h1-14,17-18H,15-16H2. The minimum Gasteiger partial charge on any atom is -0.238 e. The molecule has 0 radical (unpaired) electrons. The Morgan fingerprint density at radius 3 is 1.38 bits per heavy atom. The number of nitrogens with zero attached hydrogens (tertiary/aromatic N) is 6. The third kappa shape index (κ3) is 3.98. The van der Waals surface area contributed by atoms with Crippen molar-refractivity contribution in [3.63, 3.8) is 0 Å². The fourth-order valence-electron chi connectivity index (χ4n) is 4.02. The van der Waals surface area contributed by atoms with E-state index in [9.17, 15) is 0 Å². The Morgan fingerprint density at radius 2 is 1.00 bits per heavy atom. The summed E-state index contributed by atoms with van der Waals surface area (Å²) < 4.78 is 3.94. The molecule has 4 heterocycles.